The molecule has 1 N–H and O–H groups in total. The molecule has 0 aliphatic heterocycles. The molecular formula is C12H8BrClN2O. The van der Waals surface area contributed by atoms with Gasteiger partial charge in [-0.2, -0.15) is 0 Å². The van der Waals surface area contributed by atoms with Crippen LogP contribution >= 0.6 is 27.5 Å². The summed E-state index contributed by atoms with van der Waals surface area (Å²) in [7, 11) is 0. The molecule has 0 fully saturated rings. The van der Waals surface area contributed by atoms with E-state index in [4.69, 9.17) is 11.6 Å². The monoisotopic (exact) mass is 310 g/mol. The SMILES string of the molecule is O=C(Nc1ccccc1)c1cncc(Br)c1Cl. The fourth-order valence-corrected chi connectivity index (χ4v) is 1.81. The third kappa shape index (κ3) is 2.84. The number of nitrogens with zero attached hydrogens (tertiary/aromatic N) is 1. The van der Waals surface area contributed by atoms with Crippen LogP contribution in [-0.2, 0) is 0 Å². The van der Waals surface area contributed by atoms with Crippen LogP contribution in [0.1, 0.15) is 10.4 Å². The van der Waals surface area contributed by atoms with Gasteiger partial charge < -0.3 is 5.32 Å². The zero-order chi connectivity index (χ0) is 12.3. The first kappa shape index (κ1) is 12.1. The van der Waals surface area contributed by atoms with Crippen LogP contribution in [0.5, 0.6) is 0 Å². The molecule has 0 radical (unpaired) electrons. The van der Waals surface area contributed by atoms with Gasteiger partial charge in [0.1, 0.15) is 0 Å². The maximum atomic E-state index is 11.9. The molecule has 86 valence electrons. The third-order valence-corrected chi connectivity index (χ3v) is 3.35. The van der Waals surface area contributed by atoms with E-state index in [0.29, 0.717) is 20.7 Å². The zero-order valence-electron chi connectivity index (χ0n) is 8.65. The van der Waals surface area contributed by atoms with Crippen LogP contribution in [0.25, 0.3) is 0 Å². The summed E-state index contributed by atoms with van der Waals surface area (Å²) < 4.78 is 0.597. The van der Waals surface area contributed by atoms with E-state index in [1.54, 1.807) is 18.3 Å². The lowest BCUT2D eigenvalue weighted by atomic mass is 10.2. The van der Waals surface area contributed by atoms with Gasteiger partial charge in [-0.1, -0.05) is 29.8 Å². The zero-order valence-corrected chi connectivity index (χ0v) is 11.0. The van der Waals surface area contributed by atoms with Gasteiger partial charge in [0.15, 0.2) is 0 Å². The molecule has 0 atom stereocenters. The van der Waals surface area contributed by atoms with Crippen molar-refractivity contribution >= 4 is 39.1 Å². The van der Waals surface area contributed by atoms with Gasteiger partial charge in [-0.05, 0) is 28.1 Å². The van der Waals surface area contributed by atoms with E-state index in [1.165, 1.54) is 6.20 Å². The molecule has 0 aliphatic carbocycles. The van der Waals surface area contributed by atoms with E-state index in [9.17, 15) is 4.79 Å². The van der Waals surface area contributed by atoms with Crippen molar-refractivity contribution in [2.24, 2.45) is 0 Å². The Morgan fingerprint density at radius 2 is 1.94 bits per heavy atom. The highest BCUT2D eigenvalue weighted by molar-refractivity contribution is 9.10. The number of para-hydroxylation sites is 1. The van der Waals surface area contributed by atoms with Crippen LogP contribution in [-0.4, -0.2) is 10.9 Å². The van der Waals surface area contributed by atoms with Crippen LogP contribution in [0.3, 0.4) is 0 Å². The van der Waals surface area contributed by atoms with Gasteiger partial charge in [0.05, 0.1) is 15.1 Å². The summed E-state index contributed by atoms with van der Waals surface area (Å²) in [5, 5.41) is 3.10. The summed E-state index contributed by atoms with van der Waals surface area (Å²) in [4.78, 5) is 15.8. The number of carbonyl (C=O) groups excluding carboxylic acids is 1. The standard InChI is InChI=1S/C12H8BrClN2O/c13-10-7-15-6-9(11(10)14)12(17)16-8-4-2-1-3-5-8/h1-7H,(H,16,17). The molecule has 1 amide bonds. The van der Waals surface area contributed by atoms with E-state index < -0.39 is 0 Å². The van der Waals surface area contributed by atoms with Crippen molar-refractivity contribution in [3.63, 3.8) is 0 Å². The Morgan fingerprint density at radius 1 is 1.24 bits per heavy atom. The number of hydrogen-bond acceptors (Lipinski definition) is 2. The molecular weight excluding hydrogens is 304 g/mol. The first-order valence-electron chi connectivity index (χ1n) is 4.84. The summed E-state index contributed by atoms with van der Waals surface area (Å²) in [6.07, 6.45) is 2.98. The topological polar surface area (TPSA) is 42.0 Å². The molecule has 3 nitrogen and oxygen atoms in total. The van der Waals surface area contributed by atoms with Gasteiger partial charge >= 0.3 is 0 Å². The maximum Gasteiger partial charge on any atom is 0.258 e. The van der Waals surface area contributed by atoms with Crippen molar-refractivity contribution in [3.05, 3.63) is 57.8 Å². The molecule has 1 aromatic heterocycles. The minimum Gasteiger partial charge on any atom is -0.322 e. The Balaban J connectivity index is 2.24. The quantitative estimate of drug-likeness (QED) is 0.918. The van der Waals surface area contributed by atoms with Crippen LogP contribution in [0.15, 0.2) is 47.2 Å². The lowest BCUT2D eigenvalue weighted by molar-refractivity contribution is 0.102. The average Bonchev–Trinajstić information content (AvgIpc) is 2.34. The molecule has 0 saturated heterocycles. The predicted molar refractivity (Wildman–Crippen MR) is 71.3 cm³/mol. The van der Waals surface area contributed by atoms with E-state index in [-0.39, 0.29) is 5.91 Å². The Hall–Kier alpha value is -1.39. The van der Waals surface area contributed by atoms with E-state index in [2.05, 4.69) is 26.2 Å². The van der Waals surface area contributed by atoms with Crippen LogP contribution in [0.4, 0.5) is 5.69 Å². The van der Waals surface area contributed by atoms with Crippen LogP contribution < -0.4 is 5.32 Å². The molecule has 5 heteroatoms. The maximum absolute atomic E-state index is 11.9. The Bertz CT molecular complexity index is 545. The average molecular weight is 312 g/mol. The lowest BCUT2D eigenvalue weighted by Gasteiger charge is -2.06. The molecule has 0 aliphatic rings. The van der Waals surface area contributed by atoms with Gasteiger partial charge in [-0.25, -0.2) is 0 Å². The smallest absolute Gasteiger partial charge is 0.258 e. The second-order valence-corrected chi connectivity index (χ2v) is 4.54. The normalized spacial score (nSPS) is 10.0. The minimum absolute atomic E-state index is 0.282. The van der Waals surface area contributed by atoms with Gasteiger partial charge in [0.2, 0.25) is 0 Å². The first-order chi connectivity index (χ1) is 8.18. The van der Waals surface area contributed by atoms with Gasteiger partial charge in [0, 0.05) is 18.1 Å². The van der Waals surface area contributed by atoms with E-state index >= 15 is 0 Å². The fraction of sp³-hybridized carbons (Fsp3) is 0. The highest BCUT2D eigenvalue weighted by atomic mass is 79.9. The van der Waals surface area contributed by atoms with E-state index in [1.807, 2.05) is 18.2 Å². The lowest BCUT2D eigenvalue weighted by Crippen LogP contribution is -2.12. The molecule has 0 unspecified atom stereocenters. The number of benzene rings is 1. The molecule has 0 bridgehead atoms. The first-order valence-corrected chi connectivity index (χ1v) is 6.01. The molecule has 2 aromatic rings. The second kappa shape index (κ2) is 5.29. The summed E-state index contributed by atoms with van der Waals surface area (Å²) in [6.45, 7) is 0. The number of pyridine rings is 1. The Labute approximate surface area is 112 Å². The number of halogens is 2. The molecule has 2 rings (SSSR count). The van der Waals surface area contributed by atoms with Gasteiger partial charge in [-0.3, -0.25) is 9.78 Å². The number of nitrogens with one attached hydrogen (secondary N) is 1. The van der Waals surface area contributed by atoms with Gasteiger partial charge in [-0.15, -0.1) is 0 Å². The number of aromatic nitrogens is 1. The highest BCUT2D eigenvalue weighted by Gasteiger charge is 2.13. The highest BCUT2D eigenvalue weighted by Crippen LogP contribution is 2.25. The largest absolute Gasteiger partial charge is 0.322 e. The number of rotatable bonds is 2. The van der Waals surface area contributed by atoms with Crippen LogP contribution in [0.2, 0.25) is 5.02 Å². The summed E-state index contributed by atoms with van der Waals surface area (Å²) in [5.41, 5.74) is 1.05. The minimum atomic E-state index is -0.282. The second-order valence-electron chi connectivity index (χ2n) is 3.30. The van der Waals surface area contributed by atoms with Crippen molar-refractivity contribution in [2.45, 2.75) is 0 Å². The summed E-state index contributed by atoms with van der Waals surface area (Å²) in [5.74, 6) is -0.282. The Kier molecular flexibility index (Phi) is 3.76. The van der Waals surface area contributed by atoms with Gasteiger partial charge in [0.25, 0.3) is 5.91 Å². The Morgan fingerprint density at radius 3 is 2.65 bits per heavy atom. The molecule has 0 spiro atoms. The molecule has 17 heavy (non-hydrogen) atoms. The summed E-state index contributed by atoms with van der Waals surface area (Å²) in [6, 6.07) is 9.17. The van der Waals surface area contributed by atoms with Crippen molar-refractivity contribution in [1.29, 1.82) is 0 Å². The van der Waals surface area contributed by atoms with Crippen molar-refractivity contribution in [3.8, 4) is 0 Å². The number of anilines is 1. The van der Waals surface area contributed by atoms with Crippen LogP contribution in [0, 0.1) is 0 Å². The number of hydrogen-bond donors (Lipinski definition) is 1. The van der Waals surface area contributed by atoms with E-state index in [0.717, 1.165) is 0 Å². The van der Waals surface area contributed by atoms with Crippen molar-refractivity contribution in [1.82, 2.24) is 4.98 Å². The number of carbonyl (C=O) groups is 1. The summed E-state index contributed by atoms with van der Waals surface area (Å²) >= 11 is 9.23. The molecule has 1 aromatic carbocycles. The third-order valence-electron chi connectivity index (χ3n) is 2.11. The fourth-order valence-electron chi connectivity index (χ4n) is 1.30. The molecule has 0 saturated carbocycles. The molecule has 1 heterocycles. The van der Waals surface area contributed by atoms with Crippen molar-refractivity contribution in [2.75, 3.05) is 5.32 Å². The van der Waals surface area contributed by atoms with Crippen molar-refractivity contribution < 1.29 is 4.79 Å². The number of amides is 1. The predicted octanol–water partition coefficient (Wildman–Crippen LogP) is 3.75.